The number of piperidine rings is 1. The normalized spacial score (nSPS) is 21.8. The molecule has 0 radical (unpaired) electrons. The first-order chi connectivity index (χ1) is 14.0. The Morgan fingerprint density at radius 3 is 2.69 bits per heavy atom. The van der Waals surface area contributed by atoms with Crippen molar-refractivity contribution in [2.75, 3.05) is 23.3 Å². The van der Waals surface area contributed by atoms with E-state index in [0.29, 0.717) is 37.4 Å². The maximum absolute atomic E-state index is 13.0. The lowest BCUT2D eigenvalue weighted by Gasteiger charge is -2.33. The van der Waals surface area contributed by atoms with Crippen molar-refractivity contribution in [2.24, 2.45) is 17.6 Å². The number of hydrogen-bond acceptors (Lipinski definition) is 7. The number of nitrogens with one attached hydrogen (secondary N) is 2. The second-order valence-corrected chi connectivity index (χ2v) is 7.18. The van der Waals surface area contributed by atoms with E-state index in [1.807, 2.05) is 11.0 Å². The monoisotopic (exact) mass is 393 g/mol. The third kappa shape index (κ3) is 3.31. The van der Waals surface area contributed by atoms with E-state index in [4.69, 9.17) is 5.73 Å². The van der Waals surface area contributed by atoms with Gasteiger partial charge in [-0.2, -0.15) is 10.2 Å². The van der Waals surface area contributed by atoms with Crippen LogP contribution < -0.4 is 21.5 Å². The zero-order valence-corrected chi connectivity index (χ0v) is 15.5. The van der Waals surface area contributed by atoms with Gasteiger partial charge in [-0.1, -0.05) is 6.07 Å². The number of primary amides is 1. The minimum atomic E-state index is -1.06. The molecule has 0 aromatic carbocycles. The predicted octanol–water partition coefficient (Wildman–Crippen LogP) is 0.0904. The number of aromatic amines is 1. The van der Waals surface area contributed by atoms with Crippen LogP contribution >= 0.6 is 0 Å². The molecule has 0 saturated carbocycles. The Kier molecular flexibility index (Phi) is 4.72. The average Bonchev–Trinajstić information content (AvgIpc) is 2.73. The van der Waals surface area contributed by atoms with E-state index < -0.39 is 23.3 Å². The van der Waals surface area contributed by atoms with E-state index in [-0.39, 0.29) is 23.2 Å². The Morgan fingerprint density at radius 2 is 2.07 bits per heavy atom. The fraction of sp³-hybridized carbons (Fsp3) is 0.368. The lowest BCUT2D eigenvalue weighted by molar-refractivity contribution is -0.122. The smallest absolute Gasteiger partial charge is 0.258 e. The Balaban J connectivity index is 1.73. The summed E-state index contributed by atoms with van der Waals surface area (Å²) in [4.78, 5) is 50.0. The molecule has 0 bridgehead atoms. The molecule has 2 aliphatic heterocycles. The molecule has 4 N–H and O–H groups in total. The fourth-order valence-electron chi connectivity index (χ4n) is 3.94. The minimum absolute atomic E-state index is 0.145. The fourth-order valence-corrected chi connectivity index (χ4v) is 3.94. The molecule has 4 heterocycles. The molecule has 0 aliphatic carbocycles. The summed E-state index contributed by atoms with van der Waals surface area (Å²) in [6, 6.07) is 5.41. The Morgan fingerprint density at radius 1 is 1.31 bits per heavy atom. The van der Waals surface area contributed by atoms with E-state index in [1.165, 1.54) is 0 Å². The molecule has 1 fully saturated rings. The van der Waals surface area contributed by atoms with Crippen LogP contribution in [0, 0.1) is 23.2 Å². The number of nitrogens with two attached hydrogens (primary N) is 1. The van der Waals surface area contributed by atoms with E-state index in [1.54, 1.807) is 24.5 Å². The van der Waals surface area contributed by atoms with Gasteiger partial charge in [0.25, 0.3) is 5.56 Å². The third-order valence-corrected chi connectivity index (χ3v) is 5.49. The number of fused-ring (bicyclic) bond motifs is 1. The van der Waals surface area contributed by atoms with Gasteiger partial charge in [0.2, 0.25) is 17.8 Å². The molecule has 2 aromatic heterocycles. The Bertz CT molecular complexity index is 1050. The number of anilines is 2. The molecular weight excluding hydrogens is 374 g/mol. The van der Waals surface area contributed by atoms with Crippen molar-refractivity contribution in [3.63, 3.8) is 0 Å². The second-order valence-electron chi connectivity index (χ2n) is 7.18. The minimum Gasteiger partial charge on any atom is -0.369 e. The molecule has 10 nitrogen and oxygen atoms in total. The van der Waals surface area contributed by atoms with Crippen LogP contribution in [0.15, 0.2) is 29.3 Å². The van der Waals surface area contributed by atoms with Gasteiger partial charge in [-0.3, -0.25) is 24.4 Å². The quantitative estimate of drug-likeness (QED) is 0.666. The van der Waals surface area contributed by atoms with Crippen molar-refractivity contribution in [2.45, 2.75) is 18.8 Å². The van der Waals surface area contributed by atoms with Crippen LogP contribution in [0.4, 0.5) is 11.8 Å². The van der Waals surface area contributed by atoms with Gasteiger partial charge in [0.05, 0.1) is 11.6 Å². The summed E-state index contributed by atoms with van der Waals surface area (Å²) in [7, 11) is 0. The van der Waals surface area contributed by atoms with Crippen LogP contribution in [0.25, 0.3) is 0 Å². The van der Waals surface area contributed by atoms with Crippen LogP contribution in [0.2, 0.25) is 0 Å². The number of carbonyl (C=O) groups excluding carboxylic acids is 2. The van der Waals surface area contributed by atoms with Crippen molar-refractivity contribution in [1.82, 2.24) is 15.0 Å². The number of amides is 2. The van der Waals surface area contributed by atoms with Gasteiger partial charge in [-0.05, 0) is 24.5 Å². The van der Waals surface area contributed by atoms with Crippen LogP contribution in [0.3, 0.4) is 0 Å². The molecule has 2 amide bonds. The first-order valence-corrected chi connectivity index (χ1v) is 9.28. The van der Waals surface area contributed by atoms with Crippen LogP contribution in [-0.2, 0) is 9.59 Å². The van der Waals surface area contributed by atoms with E-state index in [2.05, 4.69) is 20.3 Å². The summed E-state index contributed by atoms with van der Waals surface area (Å²) in [6.07, 6.45) is 4.25. The van der Waals surface area contributed by atoms with Gasteiger partial charge in [-0.15, -0.1) is 0 Å². The number of carbonyl (C=O) groups is 2. The highest BCUT2D eigenvalue weighted by Gasteiger charge is 2.40. The van der Waals surface area contributed by atoms with E-state index >= 15 is 0 Å². The highest BCUT2D eigenvalue weighted by atomic mass is 16.2. The molecule has 2 unspecified atom stereocenters. The Labute approximate surface area is 165 Å². The topological polar surface area (TPSA) is 158 Å². The predicted molar refractivity (Wildman–Crippen MR) is 103 cm³/mol. The zero-order chi connectivity index (χ0) is 20.5. The molecule has 0 spiro atoms. The number of hydrogen-bond donors (Lipinski definition) is 3. The molecule has 29 heavy (non-hydrogen) atoms. The van der Waals surface area contributed by atoms with E-state index in [9.17, 15) is 19.6 Å². The Hall–Kier alpha value is -3.74. The number of H-pyrrole nitrogens is 1. The number of nitrogens with zero attached hydrogens (tertiary/aromatic N) is 4. The van der Waals surface area contributed by atoms with Gasteiger partial charge >= 0.3 is 0 Å². The van der Waals surface area contributed by atoms with Crippen molar-refractivity contribution in [3.8, 4) is 6.07 Å². The van der Waals surface area contributed by atoms with Crippen molar-refractivity contribution < 1.29 is 9.59 Å². The van der Waals surface area contributed by atoms with Gasteiger partial charge in [0.1, 0.15) is 11.7 Å². The summed E-state index contributed by atoms with van der Waals surface area (Å²) in [5, 5.41) is 12.1. The van der Waals surface area contributed by atoms with Gasteiger partial charge < -0.3 is 16.0 Å². The van der Waals surface area contributed by atoms with Gasteiger partial charge in [-0.25, -0.2) is 0 Å². The maximum Gasteiger partial charge on any atom is 0.258 e. The van der Waals surface area contributed by atoms with Gasteiger partial charge in [0, 0.05) is 37.3 Å². The summed E-state index contributed by atoms with van der Waals surface area (Å²) in [5.74, 6) is -2.39. The van der Waals surface area contributed by atoms with Gasteiger partial charge in [0.15, 0.2) is 0 Å². The molecule has 2 aliphatic rings. The molecule has 10 heteroatoms. The average molecular weight is 393 g/mol. The number of pyridine rings is 1. The lowest BCUT2D eigenvalue weighted by Crippen LogP contribution is -2.42. The molecule has 1 saturated heterocycles. The first-order valence-electron chi connectivity index (χ1n) is 9.28. The largest absolute Gasteiger partial charge is 0.369 e. The van der Waals surface area contributed by atoms with Crippen LogP contribution in [0.1, 0.15) is 29.9 Å². The number of nitriles is 1. The van der Waals surface area contributed by atoms with Crippen molar-refractivity contribution in [1.29, 1.82) is 5.26 Å². The van der Waals surface area contributed by atoms with Crippen molar-refractivity contribution >= 4 is 23.6 Å². The van der Waals surface area contributed by atoms with E-state index in [0.717, 1.165) is 0 Å². The zero-order valence-electron chi connectivity index (χ0n) is 15.5. The summed E-state index contributed by atoms with van der Waals surface area (Å²) in [6.45, 7) is 1.02. The molecule has 2 aromatic rings. The second kappa shape index (κ2) is 7.35. The molecule has 2 atom stereocenters. The summed E-state index contributed by atoms with van der Waals surface area (Å²) < 4.78 is 0. The third-order valence-electron chi connectivity index (χ3n) is 5.49. The van der Waals surface area contributed by atoms with Crippen molar-refractivity contribution in [3.05, 3.63) is 46.0 Å². The molecular formula is C19H19N7O3. The van der Waals surface area contributed by atoms with Crippen LogP contribution in [0.5, 0.6) is 0 Å². The standard InChI is InChI=1S/C19H19N7O3/c20-8-12-13(11-2-1-5-22-9-11)14-16(23-17(12)28)24-19(25-18(14)29)26-6-3-10(4-7-26)15(21)27/h1-2,5,9-10,12-13H,3-4,6-7H2,(H2,21,27)(H2,23,24,25,28,29). The lowest BCUT2D eigenvalue weighted by atomic mass is 9.80. The molecule has 4 rings (SSSR count). The summed E-state index contributed by atoms with van der Waals surface area (Å²) in [5.41, 5.74) is 5.78. The number of aromatic nitrogens is 3. The highest BCUT2D eigenvalue weighted by Crippen LogP contribution is 2.37. The maximum atomic E-state index is 13.0. The SMILES string of the molecule is N#CC1C(=O)Nc2nc(N3CCC(C(N)=O)CC3)[nH]c(=O)c2C1c1cccnc1. The highest BCUT2D eigenvalue weighted by molar-refractivity contribution is 5.97. The number of rotatable bonds is 3. The molecule has 148 valence electrons. The van der Waals surface area contributed by atoms with Crippen LogP contribution in [-0.4, -0.2) is 39.9 Å². The summed E-state index contributed by atoms with van der Waals surface area (Å²) >= 11 is 0. The first kappa shape index (κ1) is 18.6.